The van der Waals surface area contributed by atoms with Crippen LogP contribution in [0.2, 0.25) is 5.02 Å². The highest BCUT2D eigenvalue weighted by molar-refractivity contribution is 6.31. The number of fused-ring (bicyclic) bond motifs is 1. The Morgan fingerprint density at radius 1 is 1.06 bits per heavy atom. The lowest BCUT2D eigenvalue weighted by molar-refractivity contribution is 0.332. The van der Waals surface area contributed by atoms with Gasteiger partial charge in [0.2, 0.25) is 0 Å². The van der Waals surface area contributed by atoms with Crippen LogP contribution in [0.3, 0.4) is 0 Å². The van der Waals surface area contributed by atoms with Crippen LogP contribution in [0.4, 0.5) is 11.4 Å². The Labute approximate surface area is 199 Å². The minimum atomic E-state index is -0.0989. The van der Waals surface area contributed by atoms with E-state index in [1.807, 2.05) is 29.1 Å². The standard InChI is InChI=1S/C25H30ClN7/c1-6-32(7-2)33-24(29-30-31-33)23(25(3,4)5)17-9-8-10-19(15-17)28-21-13-14-27-22-16-18(26)11-12-20(21)22/h8-16,23H,6-7H2,1-5H3,(H,27,28). The number of hydrogen-bond donors (Lipinski definition) is 1. The zero-order chi connectivity index (χ0) is 23.6. The molecule has 172 valence electrons. The summed E-state index contributed by atoms with van der Waals surface area (Å²) < 4.78 is 0. The molecule has 0 bridgehead atoms. The zero-order valence-electron chi connectivity index (χ0n) is 19.7. The molecule has 0 aliphatic heterocycles. The maximum atomic E-state index is 6.15. The molecule has 2 aromatic heterocycles. The van der Waals surface area contributed by atoms with Crippen LogP contribution in [-0.2, 0) is 0 Å². The van der Waals surface area contributed by atoms with Gasteiger partial charge < -0.3 is 5.32 Å². The fourth-order valence-electron chi connectivity index (χ4n) is 4.27. The lowest BCUT2D eigenvalue weighted by Crippen LogP contribution is -2.38. The summed E-state index contributed by atoms with van der Waals surface area (Å²) in [5.41, 5.74) is 3.88. The molecule has 0 aliphatic carbocycles. The second kappa shape index (κ2) is 9.35. The summed E-state index contributed by atoms with van der Waals surface area (Å²) in [5, 5.41) is 20.2. The summed E-state index contributed by atoms with van der Waals surface area (Å²) in [7, 11) is 0. The summed E-state index contributed by atoms with van der Waals surface area (Å²) in [6.45, 7) is 12.5. The molecule has 0 aliphatic rings. The fraction of sp³-hybridized carbons (Fsp3) is 0.360. The molecule has 7 nitrogen and oxygen atoms in total. The SMILES string of the molecule is CCN(CC)n1nnnc1C(c1cccc(Nc2ccnc3cc(Cl)ccc23)c1)C(C)(C)C. The number of halogens is 1. The third kappa shape index (κ3) is 4.78. The van der Waals surface area contributed by atoms with Crippen molar-refractivity contribution in [2.45, 2.75) is 40.5 Å². The van der Waals surface area contributed by atoms with E-state index < -0.39 is 0 Å². The van der Waals surface area contributed by atoms with Gasteiger partial charge in [0, 0.05) is 41.1 Å². The summed E-state index contributed by atoms with van der Waals surface area (Å²) in [6.07, 6.45) is 1.79. The van der Waals surface area contributed by atoms with Crippen LogP contribution in [0.25, 0.3) is 10.9 Å². The quantitative estimate of drug-likeness (QED) is 0.375. The lowest BCUT2D eigenvalue weighted by atomic mass is 9.76. The molecular weight excluding hydrogens is 434 g/mol. The highest BCUT2D eigenvalue weighted by Crippen LogP contribution is 2.40. The van der Waals surface area contributed by atoms with Crippen molar-refractivity contribution in [1.82, 2.24) is 25.3 Å². The van der Waals surface area contributed by atoms with Crippen molar-refractivity contribution >= 4 is 33.9 Å². The van der Waals surface area contributed by atoms with Crippen molar-refractivity contribution in [3.8, 4) is 0 Å². The van der Waals surface area contributed by atoms with Gasteiger partial charge in [-0.1, -0.05) is 44.5 Å². The Morgan fingerprint density at radius 2 is 1.85 bits per heavy atom. The molecule has 4 rings (SSSR count). The van der Waals surface area contributed by atoms with Gasteiger partial charge in [0.05, 0.1) is 11.4 Å². The molecule has 0 radical (unpaired) electrons. The van der Waals surface area contributed by atoms with E-state index in [1.165, 1.54) is 0 Å². The normalized spacial score (nSPS) is 12.7. The molecule has 0 fully saturated rings. The van der Waals surface area contributed by atoms with Gasteiger partial charge in [-0.05, 0) is 71.7 Å². The molecule has 8 heteroatoms. The fourth-order valence-corrected chi connectivity index (χ4v) is 4.44. The van der Waals surface area contributed by atoms with E-state index in [-0.39, 0.29) is 11.3 Å². The van der Waals surface area contributed by atoms with Gasteiger partial charge in [-0.25, -0.2) is 0 Å². The Bertz CT molecular complexity index is 1240. The van der Waals surface area contributed by atoms with Gasteiger partial charge in [0.1, 0.15) is 0 Å². The summed E-state index contributed by atoms with van der Waals surface area (Å²) >= 11 is 6.15. The summed E-state index contributed by atoms with van der Waals surface area (Å²) in [4.78, 5) is 6.30. The Morgan fingerprint density at radius 3 is 2.58 bits per heavy atom. The van der Waals surface area contributed by atoms with Crippen LogP contribution in [0.15, 0.2) is 54.7 Å². The first-order chi connectivity index (χ1) is 15.8. The largest absolute Gasteiger partial charge is 0.355 e. The Balaban J connectivity index is 1.74. The second-order valence-electron chi connectivity index (χ2n) is 9.13. The smallest absolute Gasteiger partial charge is 0.182 e. The van der Waals surface area contributed by atoms with Crippen LogP contribution in [0.1, 0.15) is 51.9 Å². The number of aromatic nitrogens is 5. The van der Waals surface area contributed by atoms with E-state index in [1.54, 1.807) is 6.20 Å². The molecule has 33 heavy (non-hydrogen) atoms. The van der Waals surface area contributed by atoms with Crippen molar-refractivity contribution in [2.75, 3.05) is 23.4 Å². The van der Waals surface area contributed by atoms with Crippen molar-refractivity contribution in [2.24, 2.45) is 5.41 Å². The zero-order valence-corrected chi connectivity index (χ0v) is 20.5. The Kier molecular flexibility index (Phi) is 6.51. The van der Waals surface area contributed by atoms with Crippen molar-refractivity contribution in [3.05, 3.63) is 71.1 Å². The van der Waals surface area contributed by atoms with Gasteiger partial charge in [-0.15, -0.1) is 9.89 Å². The highest BCUT2D eigenvalue weighted by Gasteiger charge is 2.34. The lowest BCUT2D eigenvalue weighted by Gasteiger charge is -2.32. The molecule has 0 spiro atoms. The van der Waals surface area contributed by atoms with Gasteiger partial charge >= 0.3 is 0 Å². The van der Waals surface area contributed by atoms with E-state index in [2.05, 4.69) is 89.7 Å². The minimum Gasteiger partial charge on any atom is -0.355 e. The predicted molar refractivity (Wildman–Crippen MR) is 135 cm³/mol. The number of benzene rings is 2. The molecule has 0 saturated carbocycles. The molecule has 2 heterocycles. The van der Waals surface area contributed by atoms with Gasteiger partial charge in [0.25, 0.3) is 0 Å². The minimum absolute atomic E-state index is 0.00263. The van der Waals surface area contributed by atoms with Crippen molar-refractivity contribution < 1.29 is 0 Å². The third-order valence-corrected chi connectivity index (χ3v) is 6.04. The molecule has 4 aromatic rings. The molecule has 1 N–H and O–H groups in total. The maximum Gasteiger partial charge on any atom is 0.182 e. The van der Waals surface area contributed by atoms with Crippen LogP contribution >= 0.6 is 11.6 Å². The second-order valence-corrected chi connectivity index (χ2v) is 9.57. The van der Waals surface area contributed by atoms with E-state index in [4.69, 9.17) is 11.6 Å². The number of nitrogens with one attached hydrogen (secondary N) is 1. The number of anilines is 2. The number of hydrogen-bond acceptors (Lipinski definition) is 6. The van der Waals surface area contributed by atoms with Crippen molar-refractivity contribution in [3.63, 3.8) is 0 Å². The number of pyridine rings is 1. The first-order valence-corrected chi connectivity index (χ1v) is 11.6. The maximum absolute atomic E-state index is 6.15. The monoisotopic (exact) mass is 463 g/mol. The molecule has 1 atom stereocenters. The predicted octanol–water partition coefficient (Wildman–Crippen LogP) is 5.77. The molecule has 1 unspecified atom stereocenters. The van der Waals surface area contributed by atoms with Gasteiger partial charge in [-0.3, -0.25) is 9.99 Å². The topological polar surface area (TPSA) is 71.8 Å². The van der Waals surface area contributed by atoms with Crippen LogP contribution in [0, 0.1) is 5.41 Å². The molecule has 0 saturated heterocycles. The number of nitrogens with zero attached hydrogens (tertiary/aromatic N) is 6. The van der Waals surface area contributed by atoms with E-state index in [0.29, 0.717) is 5.02 Å². The average molecular weight is 464 g/mol. The molecule has 2 aromatic carbocycles. The van der Waals surface area contributed by atoms with Crippen LogP contribution < -0.4 is 10.3 Å². The third-order valence-electron chi connectivity index (χ3n) is 5.80. The summed E-state index contributed by atoms with van der Waals surface area (Å²) in [6, 6.07) is 16.2. The van der Waals surface area contributed by atoms with Gasteiger partial charge in [-0.2, -0.15) is 0 Å². The molecule has 0 amide bonds. The van der Waals surface area contributed by atoms with Crippen LogP contribution in [-0.4, -0.2) is 38.4 Å². The first-order valence-electron chi connectivity index (χ1n) is 11.3. The number of rotatable bonds is 7. The van der Waals surface area contributed by atoms with Crippen LogP contribution in [0.5, 0.6) is 0 Å². The average Bonchev–Trinajstić information content (AvgIpc) is 3.23. The van der Waals surface area contributed by atoms with Gasteiger partial charge in [0.15, 0.2) is 5.82 Å². The van der Waals surface area contributed by atoms with E-state index >= 15 is 0 Å². The van der Waals surface area contributed by atoms with E-state index in [0.717, 1.165) is 46.8 Å². The number of tetrazole rings is 1. The first kappa shape index (κ1) is 23.0. The Hall–Kier alpha value is -3.19. The van der Waals surface area contributed by atoms with E-state index in [9.17, 15) is 0 Å². The summed E-state index contributed by atoms with van der Waals surface area (Å²) in [5.74, 6) is 0.843. The molecular formula is C25H30ClN7. The highest BCUT2D eigenvalue weighted by atomic mass is 35.5. The van der Waals surface area contributed by atoms with Crippen molar-refractivity contribution in [1.29, 1.82) is 0 Å².